The summed E-state index contributed by atoms with van der Waals surface area (Å²) in [7, 11) is 1.66. The Hall–Kier alpha value is -3.15. The van der Waals surface area contributed by atoms with Crippen LogP contribution in [0.25, 0.3) is 0 Å². The molecule has 166 valence electrons. The maximum atomic E-state index is 5.97. The van der Waals surface area contributed by atoms with Crippen molar-refractivity contribution in [3.05, 3.63) is 95.1 Å². The second-order valence-electron chi connectivity index (χ2n) is 7.55. The van der Waals surface area contributed by atoms with Gasteiger partial charge in [-0.1, -0.05) is 36.4 Å². The average Bonchev–Trinajstić information content (AvgIpc) is 2.85. The minimum Gasteiger partial charge on any atom is -0.491 e. The molecule has 0 aromatic heterocycles. The number of methoxy groups -OCH3 is 1. The molecule has 0 spiro atoms. The highest BCUT2D eigenvalue weighted by Crippen LogP contribution is 2.22. The summed E-state index contributed by atoms with van der Waals surface area (Å²) in [5, 5.41) is 0. The molecular weight excluding hydrogens is 402 g/mol. The van der Waals surface area contributed by atoms with E-state index in [1.165, 1.54) is 11.1 Å². The number of rotatable bonds is 11. The highest BCUT2D eigenvalue weighted by Gasteiger charge is 2.15. The van der Waals surface area contributed by atoms with Crippen LogP contribution in [0.3, 0.4) is 0 Å². The van der Waals surface area contributed by atoms with Gasteiger partial charge in [0.25, 0.3) is 0 Å². The minimum absolute atomic E-state index is 0.504. The lowest BCUT2D eigenvalue weighted by atomic mass is 9.93. The fraction of sp³-hybridized carbons (Fsp3) is 0.296. The number of benzene rings is 3. The van der Waals surface area contributed by atoms with Crippen LogP contribution in [0.4, 0.5) is 0 Å². The third kappa shape index (κ3) is 5.96. The van der Waals surface area contributed by atoms with Crippen LogP contribution in [0.1, 0.15) is 22.3 Å². The van der Waals surface area contributed by atoms with Gasteiger partial charge in [-0.15, -0.1) is 0 Å². The molecule has 3 aromatic rings. The van der Waals surface area contributed by atoms with Crippen molar-refractivity contribution in [2.24, 2.45) is 4.99 Å². The number of aliphatic imine (C=N–C) groups is 1. The van der Waals surface area contributed by atoms with Gasteiger partial charge in [-0.25, -0.2) is 0 Å². The number of nitrogens with zero attached hydrogens (tertiary/aromatic N) is 1. The molecule has 0 atom stereocenters. The smallest absolute Gasteiger partial charge is 0.119 e. The lowest BCUT2D eigenvalue weighted by molar-refractivity contribution is 0.0544. The predicted molar refractivity (Wildman–Crippen MR) is 126 cm³/mol. The van der Waals surface area contributed by atoms with Crippen LogP contribution in [0.2, 0.25) is 0 Å². The van der Waals surface area contributed by atoms with Gasteiger partial charge in [0.1, 0.15) is 24.7 Å². The summed E-state index contributed by atoms with van der Waals surface area (Å²) in [6, 6.07) is 24.6. The van der Waals surface area contributed by atoms with Gasteiger partial charge >= 0.3 is 0 Å². The van der Waals surface area contributed by atoms with E-state index in [-0.39, 0.29) is 0 Å². The fourth-order valence-corrected chi connectivity index (χ4v) is 3.61. The van der Waals surface area contributed by atoms with Crippen LogP contribution in [0, 0.1) is 0 Å². The molecule has 0 unspecified atom stereocenters. The van der Waals surface area contributed by atoms with Crippen LogP contribution in [0.15, 0.2) is 77.8 Å². The molecule has 1 aliphatic rings. The van der Waals surface area contributed by atoms with Gasteiger partial charge in [-0.2, -0.15) is 0 Å². The first-order valence-corrected chi connectivity index (χ1v) is 11.0. The number of ether oxygens (including phenoxy) is 4. The molecule has 5 nitrogen and oxygen atoms in total. The normalized spacial score (nSPS) is 12.7. The summed E-state index contributed by atoms with van der Waals surface area (Å²) in [6.07, 6.45) is 1.01. The van der Waals surface area contributed by atoms with Crippen LogP contribution in [0.5, 0.6) is 11.5 Å². The Morgan fingerprint density at radius 1 is 0.750 bits per heavy atom. The maximum absolute atomic E-state index is 5.97. The standard InChI is InChI=1S/C27H29NO4/c1-29-16-17-30-18-19-31-24-10-6-21(7-11-24)20-32-25-12-8-23(9-13-25)27-26-5-3-2-4-22(26)14-15-28-27/h2-13H,14-20H2,1H3. The van der Waals surface area contributed by atoms with E-state index in [1.54, 1.807) is 7.11 Å². The van der Waals surface area contributed by atoms with Crippen LogP contribution in [-0.2, 0) is 22.5 Å². The summed E-state index contributed by atoms with van der Waals surface area (Å²) in [4.78, 5) is 4.76. The topological polar surface area (TPSA) is 49.3 Å². The molecule has 0 radical (unpaired) electrons. The zero-order valence-corrected chi connectivity index (χ0v) is 18.5. The van der Waals surface area contributed by atoms with E-state index in [1.807, 2.05) is 36.4 Å². The zero-order valence-electron chi connectivity index (χ0n) is 18.5. The molecule has 1 aliphatic heterocycles. The first-order valence-electron chi connectivity index (χ1n) is 11.0. The van der Waals surface area contributed by atoms with Gasteiger partial charge in [-0.3, -0.25) is 4.99 Å². The van der Waals surface area contributed by atoms with E-state index < -0.39 is 0 Å². The third-order valence-electron chi connectivity index (χ3n) is 5.31. The molecule has 0 saturated carbocycles. The number of hydrogen-bond acceptors (Lipinski definition) is 5. The molecule has 3 aromatic carbocycles. The second-order valence-corrected chi connectivity index (χ2v) is 7.55. The second kappa shape index (κ2) is 11.5. The quantitative estimate of drug-likeness (QED) is 0.413. The third-order valence-corrected chi connectivity index (χ3v) is 5.31. The molecule has 0 amide bonds. The van der Waals surface area contributed by atoms with Crippen molar-refractivity contribution in [1.29, 1.82) is 0 Å². The largest absolute Gasteiger partial charge is 0.491 e. The summed E-state index contributed by atoms with van der Waals surface area (Å²) in [5.41, 5.74) is 5.87. The monoisotopic (exact) mass is 431 g/mol. The van der Waals surface area contributed by atoms with E-state index in [2.05, 4.69) is 36.4 Å². The van der Waals surface area contributed by atoms with Crippen LogP contribution >= 0.6 is 0 Å². The number of hydrogen-bond donors (Lipinski definition) is 0. The highest BCUT2D eigenvalue weighted by molar-refractivity contribution is 6.14. The molecule has 32 heavy (non-hydrogen) atoms. The van der Waals surface area contributed by atoms with Crippen LogP contribution in [-0.4, -0.2) is 45.8 Å². The maximum Gasteiger partial charge on any atom is 0.119 e. The molecule has 0 fully saturated rings. The van der Waals surface area contributed by atoms with E-state index in [0.29, 0.717) is 33.0 Å². The summed E-state index contributed by atoms with van der Waals surface area (Å²) in [5.74, 6) is 1.66. The molecule has 0 saturated heterocycles. The molecule has 4 rings (SSSR count). The Morgan fingerprint density at radius 3 is 2.28 bits per heavy atom. The Balaban J connectivity index is 1.26. The van der Waals surface area contributed by atoms with Crippen molar-refractivity contribution in [3.8, 4) is 11.5 Å². The van der Waals surface area contributed by atoms with E-state index in [0.717, 1.165) is 41.3 Å². The lowest BCUT2D eigenvalue weighted by Gasteiger charge is -2.17. The van der Waals surface area contributed by atoms with Crippen molar-refractivity contribution < 1.29 is 18.9 Å². The Kier molecular flexibility index (Phi) is 7.90. The van der Waals surface area contributed by atoms with Crippen LogP contribution < -0.4 is 9.47 Å². The first kappa shape index (κ1) is 22.1. The first-order chi connectivity index (χ1) is 15.8. The van der Waals surface area contributed by atoms with Gasteiger partial charge in [0.2, 0.25) is 0 Å². The highest BCUT2D eigenvalue weighted by atomic mass is 16.5. The predicted octanol–water partition coefficient (Wildman–Crippen LogP) is 4.70. The molecule has 0 bridgehead atoms. The number of fused-ring (bicyclic) bond motifs is 1. The van der Waals surface area contributed by atoms with E-state index in [4.69, 9.17) is 23.9 Å². The lowest BCUT2D eigenvalue weighted by Crippen LogP contribution is -2.13. The van der Waals surface area contributed by atoms with Crippen molar-refractivity contribution in [2.75, 3.05) is 40.1 Å². The van der Waals surface area contributed by atoms with Gasteiger partial charge in [-0.05, 0) is 53.9 Å². The van der Waals surface area contributed by atoms with E-state index in [9.17, 15) is 0 Å². The Morgan fingerprint density at radius 2 is 1.47 bits per heavy atom. The Labute approximate surface area is 189 Å². The molecule has 0 N–H and O–H groups in total. The molecule has 0 aliphatic carbocycles. The van der Waals surface area contributed by atoms with Gasteiger partial charge < -0.3 is 18.9 Å². The van der Waals surface area contributed by atoms with Gasteiger partial charge in [0.15, 0.2) is 0 Å². The zero-order chi connectivity index (χ0) is 22.0. The summed E-state index contributed by atoms with van der Waals surface area (Å²) in [6.45, 7) is 3.58. The van der Waals surface area contributed by atoms with Gasteiger partial charge in [0, 0.05) is 24.8 Å². The summed E-state index contributed by atoms with van der Waals surface area (Å²) >= 11 is 0. The minimum atomic E-state index is 0.504. The van der Waals surface area contributed by atoms with Crippen molar-refractivity contribution >= 4 is 5.71 Å². The molecule has 1 heterocycles. The molecular formula is C27H29NO4. The average molecular weight is 432 g/mol. The Bertz CT molecular complexity index is 1010. The fourth-order valence-electron chi connectivity index (χ4n) is 3.61. The summed E-state index contributed by atoms with van der Waals surface area (Å²) < 4.78 is 22.0. The SMILES string of the molecule is COCCOCCOc1ccc(COc2ccc(C3=NCCc4ccccc43)cc2)cc1. The van der Waals surface area contributed by atoms with Crippen molar-refractivity contribution in [1.82, 2.24) is 0 Å². The van der Waals surface area contributed by atoms with Crippen molar-refractivity contribution in [3.63, 3.8) is 0 Å². The molecule has 5 heteroatoms. The van der Waals surface area contributed by atoms with E-state index >= 15 is 0 Å². The van der Waals surface area contributed by atoms with Crippen molar-refractivity contribution in [2.45, 2.75) is 13.0 Å². The van der Waals surface area contributed by atoms with Gasteiger partial charge in [0.05, 0.1) is 25.5 Å².